The van der Waals surface area contributed by atoms with Gasteiger partial charge >= 0.3 is 0 Å². The van der Waals surface area contributed by atoms with E-state index in [-0.39, 0.29) is 0 Å². The maximum atomic E-state index is 5.09. The first-order chi connectivity index (χ1) is 18.8. The van der Waals surface area contributed by atoms with Crippen LogP contribution < -0.4 is 5.32 Å². The lowest BCUT2D eigenvalue weighted by atomic mass is 9.90. The van der Waals surface area contributed by atoms with Gasteiger partial charge in [-0.15, -0.1) is 0 Å². The van der Waals surface area contributed by atoms with Gasteiger partial charge in [0, 0.05) is 41.3 Å². The minimum absolute atomic E-state index is 0.659. The third kappa shape index (κ3) is 4.33. The lowest BCUT2D eigenvalue weighted by molar-refractivity contribution is 0.375. The molecule has 5 aromatic rings. The maximum absolute atomic E-state index is 5.09. The highest BCUT2D eigenvalue weighted by Crippen LogP contribution is 2.33. The molecule has 3 N–H and O–H groups in total. The van der Waals surface area contributed by atoms with Crippen LogP contribution in [-0.2, 0) is 0 Å². The molecule has 7 rings (SSSR count). The molecule has 1 fully saturated rings. The fraction of sp³-hybridized carbons (Fsp3) is 0.233. The van der Waals surface area contributed by atoms with Crippen LogP contribution in [0.2, 0.25) is 0 Å². The van der Waals surface area contributed by atoms with Crippen molar-refractivity contribution >= 4 is 33.7 Å². The molecule has 188 valence electrons. The second kappa shape index (κ2) is 9.79. The van der Waals surface area contributed by atoms with Gasteiger partial charge < -0.3 is 10.3 Å². The minimum Gasteiger partial charge on any atom is -0.353 e. The van der Waals surface area contributed by atoms with Crippen molar-refractivity contribution in [3.8, 4) is 22.6 Å². The van der Waals surface area contributed by atoms with Crippen LogP contribution in [0.4, 0.5) is 0 Å². The number of piperidine rings is 1. The SMILES string of the molecule is C1=NCC=C(c2ccc3[nH]nc(-c4cc5c(-c6ccncc6)nccc5[nH]4)c3n2)C=C1CC1CCNCC1. The van der Waals surface area contributed by atoms with Crippen molar-refractivity contribution in [3.63, 3.8) is 0 Å². The van der Waals surface area contributed by atoms with Gasteiger partial charge in [-0.25, -0.2) is 4.98 Å². The monoisotopic (exact) mass is 500 g/mol. The van der Waals surface area contributed by atoms with Crippen molar-refractivity contribution < 1.29 is 0 Å². The zero-order chi connectivity index (χ0) is 25.3. The van der Waals surface area contributed by atoms with Crippen LogP contribution in [0.15, 0.2) is 77.7 Å². The molecule has 0 atom stereocenters. The highest BCUT2D eigenvalue weighted by molar-refractivity contribution is 5.99. The van der Waals surface area contributed by atoms with E-state index in [0.717, 1.165) is 75.4 Å². The summed E-state index contributed by atoms with van der Waals surface area (Å²) in [4.78, 5) is 22.0. The largest absolute Gasteiger partial charge is 0.353 e. The van der Waals surface area contributed by atoms with Crippen LogP contribution in [0.5, 0.6) is 0 Å². The number of fused-ring (bicyclic) bond motifs is 2. The number of H-pyrrole nitrogens is 2. The zero-order valence-corrected chi connectivity index (χ0v) is 21.0. The van der Waals surface area contributed by atoms with Crippen LogP contribution in [0.3, 0.4) is 0 Å². The third-order valence-electron chi connectivity index (χ3n) is 7.46. The lowest BCUT2D eigenvalue weighted by Crippen LogP contribution is -2.28. The number of pyridine rings is 3. The number of nitrogens with one attached hydrogen (secondary N) is 3. The molecule has 2 aliphatic heterocycles. The Kier molecular flexibility index (Phi) is 5.86. The quantitative estimate of drug-likeness (QED) is 0.302. The summed E-state index contributed by atoms with van der Waals surface area (Å²) >= 11 is 0. The van der Waals surface area contributed by atoms with Crippen molar-refractivity contribution in [1.82, 2.24) is 35.5 Å². The van der Waals surface area contributed by atoms with Crippen molar-refractivity contribution in [3.05, 3.63) is 78.4 Å². The Morgan fingerprint density at radius 1 is 0.921 bits per heavy atom. The summed E-state index contributed by atoms with van der Waals surface area (Å²) in [5.74, 6) is 0.706. The van der Waals surface area contributed by atoms with Crippen molar-refractivity contribution in [2.45, 2.75) is 19.3 Å². The summed E-state index contributed by atoms with van der Waals surface area (Å²) in [5, 5.41) is 12.3. The van der Waals surface area contributed by atoms with Crippen molar-refractivity contribution in [1.29, 1.82) is 0 Å². The molecule has 38 heavy (non-hydrogen) atoms. The molecule has 0 radical (unpaired) electrons. The van der Waals surface area contributed by atoms with Gasteiger partial charge in [0.05, 0.1) is 29.1 Å². The molecule has 7 heterocycles. The van der Waals surface area contributed by atoms with Crippen LogP contribution >= 0.6 is 0 Å². The van der Waals surface area contributed by atoms with E-state index in [2.05, 4.69) is 65.8 Å². The van der Waals surface area contributed by atoms with Crippen molar-refractivity contribution in [2.75, 3.05) is 19.6 Å². The molecule has 0 saturated carbocycles. The van der Waals surface area contributed by atoms with Gasteiger partial charge in [-0.2, -0.15) is 5.10 Å². The first-order valence-electron chi connectivity index (χ1n) is 13.2. The molecule has 8 nitrogen and oxygen atoms in total. The number of aliphatic imine (C=N–C) groups is 1. The number of aromatic amines is 2. The maximum Gasteiger partial charge on any atom is 0.135 e. The smallest absolute Gasteiger partial charge is 0.135 e. The topological polar surface area (TPSA) is 108 Å². The Morgan fingerprint density at radius 2 is 1.82 bits per heavy atom. The Balaban J connectivity index is 1.25. The van der Waals surface area contributed by atoms with Gasteiger partial charge in [-0.05, 0) is 91.9 Å². The van der Waals surface area contributed by atoms with Gasteiger partial charge in [-0.1, -0.05) is 6.08 Å². The van der Waals surface area contributed by atoms with Crippen molar-refractivity contribution in [2.24, 2.45) is 10.9 Å². The van der Waals surface area contributed by atoms with Crippen LogP contribution in [0.25, 0.3) is 50.2 Å². The van der Waals surface area contributed by atoms with Gasteiger partial charge in [-0.3, -0.25) is 20.1 Å². The molecule has 0 amide bonds. The number of rotatable bonds is 5. The molecular formula is C30H28N8. The second-order valence-electron chi connectivity index (χ2n) is 9.98. The molecule has 0 spiro atoms. The third-order valence-corrected chi connectivity index (χ3v) is 7.46. The molecule has 0 bridgehead atoms. The Bertz CT molecular complexity index is 1700. The summed E-state index contributed by atoms with van der Waals surface area (Å²) < 4.78 is 0. The first-order valence-corrected chi connectivity index (χ1v) is 13.2. The number of hydrogen-bond acceptors (Lipinski definition) is 6. The standard InChI is InChI=1S/C30H28N8/c1-2-26-29(36-24(1)22-7-13-33-18-20(16-22)15-19-3-9-31-10-4-19)30(38-37-26)27-17-23-25(35-27)8-14-34-28(23)21-5-11-32-12-6-21/h1-2,5-8,11-12,14,16-19,31,35H,3-4,9-10,13,15H2,(H,37,38). The fourth-order valence-electron chi connectivity index (χ4n) is 5.49. The van der Waals surface area contributed by atoms with Crippen LogP contribution in [0.1, 0.15) is 25.0 Å². The minimum atomic E-state index is 0.659. The second-order valence-corrected chi connectivity index (χ2v) is 9.98. The van der Waals surface area contributed by atoms with E-state index in [1.54, 1.807) is 12.4 Å². The van der Waals surface area contributed by atoms with Crippen LogP contribution in [-0.4, -0.2) is 56.0 Å². The number of nitrogens with zero attached hydrogens (tertiary/aromatic N) is 5. The summed E-state index contributed by atoms with van der Waals surface area (Å²) in [5.41, 5.74) is 9.71. The molecule has 0 unspecified atom stereocenters. The number of hydrogen-bond donors (Lipinski definition) is 3. The molecule has 0 aromatic carbocycles. The summed E-state index contributed by atoms with van der Waals surface area (Å²) in [6.07, 6.45) is 15.4. The molecule has 8 heteroatoms. The lowest BCUT2D eigenvalue weighted by Gasteiger charge is -2.22. The molecular weight excluding hydrogens is 472 g/mol. The van der Waals surface area contributed by atoms with Gasteiger partial charge in [0.15, 0.2) is 0 Å². The van der Waals surface area contributed by atoms with E-state index >= 15 is 0 Å². The summed E-state index contributed by atoms with van der Waals surface area (Å²) in [6, 6.07) is 12.2. The zero-order valence-electron chi connectivity index (χ0n) is 21.0. The molecule has 2 aliphatic rings. The fourth-order valence-corrected chi connectivity index (χ4v) is 5.49. The predicted molar refractivity (Wildman–Crippen MR) is 152 cm³/mol. The Morgan fingerprint density at radius 3 is 2.71 bits per heavy atom. The average molecular weight is 501 g/mol. The average Bonchev–Trinajstić information content (AvgIpc) is 3.52. The van der Waals surface area contributed by atoms with E-state index in [9.17, 15) is 0 Å². The summed E-state index contributed by atoms with van der Waals surface area (Å²) in [6.45, 7) is 2.87. The number of aromatic nitrogens is 6. The van der Waals surface area contributed by atoms with E-state index in [1.165, 1.54) is 18.4 Å². The van der Waals surface area contributed by atoms with Crippen LogP contribution in [0, 0.1) is 5.92 Å². The highest BCUT2D eigenvalue weighted by Gasteiger charge is 2.18. The molecule has 0 aliphatic carbocycles. The Hall–Kier alpha value is -4.43. The Labute approximate surface area is 220 Å². The van der Waals surface area contributed by atoms with Gasteiger partial charge in [0.2, 0.25) is 0 Å². The number of allylic oxidation sites excluding steroid dienone is 3. The van der Waals surface area contributed by atoms with E-state index in [4.69, 9.17) is 4.98 Å². The highest BCUT2D eigenvalue weighted by atomic mass is 15.1. The summed E-state index contributed by atoms with van der Waals surface area (Å²) in [7, 11) is 0. The normalized spacial score (nSPS) is 16.5. The molecule has 5 aromatic heterocycles. The first kappa shape index (κ1) is 22.7. The van der Waals surface area contributed by atoms with E-state index in [1.807, 2.05) is 30.6 Å². The van der Waals surface area contributed by atoms with Gasteiger partial charge in [0.1, 0.15) is 11.2 Å². The van der Waals surface area contributed by atoms with E-state index < -0.39 is 0 Å². The predicted octanol–water partition coefficient (Wildman–Crippen LogP) is 5.35. The van der Waals surface area contributed by atoms with E-state index in [0.29, 0.717) is 12.5 Å². The van der Waals surface area contributed by atoms with Gasteiger partial charge in [0.25, 0.3) is 0 Å². The molecule has 1 saturated heterocycles.